The molecule has 4 nitrogen and oxygen atoms in total. The molecule has 0 aliphatic rings. The molecule has 0 unspecified atom stereocenters. The molecule has 16 heavy (non-hydrogen) atoms. The van der Waals surface area contributed by atoms with Gasteiger partial charge in [0, 0.05) is 25.2 Å². The number of amides is 1. The van der Waals surface area contributed by atoms with E-state index in [2.05, 4.69) is 0 Å². The Hall–Kier alpha value is -1.86. The van der Waals surface area contributed by atoms with Crippen LogP contribution in [0.4, 0.5) is 0 Å². The highest BCUT2D eigenvalue weighted by atomic mass is 16.2. The van der Waals surface area contributed by atoms with Gasteiger partial charge in [-0.1, -0.05) is 0 Å². The van der Waals surface area contributed by atoms with Crippen LogP contribution in [0.5, 0.6) is 0 Å². The van der Waals surface area contributed by atoms with Crippen LogP contribution in [0.3, 0.4) is 0 Å². The first-order chi connectivity index (χ1) is 7.60. The number of nitrogens with two attached hydrogens (primary N) is 1. The number of rotatable bonds is 3. The first kappa shape index (κ1) is 12.2. The molecule has 4 heteroatoms. The Morgan fingerprint density at radius 1 is 1.50 bits per heavy atom. The Balaban J connectivity index is 2.85. The third-order valence-corrected chi connectivity index (χ3v) is 2.58. The van der Waals surface area contributed by atoms with Crippen LogP contribution in [0.25, 0.3) is 0 Å². The summed E-state index contributed by atoms with van der Waals surface area (Å²) < 4.78 is 0. The summed E-state index contributed by atoms with van der Waals surface area (Å²) in [4.78, 5) is 13.5. The van der Waals surface area contributed by atoms with Crippen LogP contribution < -0.4 is 5.73 Å². The van der Waals surface area contributed by atoms with Crippen molar-refractivity contribution in [1.82, 2.24) is 4.90 Å². The van der Waals surface area contributed by atoms with Crippen molar-refractivity contribution in [3.8, 4) is 6.07 Å². The highest BCUT2D eigenvalue weighted by Gasteiger charge is 2.15. The van der Waals surface area contributed by atoms with Crippen molar-refractivity contribution in [2.45, 2.75) is 13.0 Å². The van der Waals surface area contributed by atoms with Crippen LogP contribution in [-0.2, 0) is 0 Å². The third kappa shape index (κ3) is 2.59. The summed E-state index contributed by atoms with van der Waals surface area (Å²) >= 11 is 0. The molecule has 0 fully saturated rings. The minimum absolute atomic E-state index is 0.00291. The Morgan fingerprint density at radius 2 is 2.06 bits per heavy atom. The van der Waals surface area contributed by atoms with E-state index in [1.807, 2.05) is 13.0 Å². The molecule has 0 aliphatic carbocycles. The summed E-state index contributed by atoms with van der Waals surface area (Å²) in [6.07, 6.45) is 0. The van der Waals surface area contributed by atoms with E-state index in [9.17, 15) is 4.79 Å². The van der Waals surface area contributed by atoms with Gasteiger partial charge in [-0.05, 0) is 31.2 Å². The number of likely N-dealkylation sites (N-methyl/N-ethyl adjacent to an activating group) is 1. The Kier molecular flexibility index (Phi) is 4.03. The van der Waals surface area contributed by atoms with E-state index in [0.29, 0.717) is 17.7 Å². The number of carbonyl (C=O) groups is 1. The van der Waals surface area contributed by atoms with Crippen LogP contribution in [0.15, 0.2) is 24.3 Å². The highest BCUT2D eigenvalue weighted by Crippen LogP contribution is 2.08. The van der Waals surface area contributed by atoms with Crippen molar-refractivity contribution in [3.05, 3.63) is 35.4 Å². The Morgan fingerprint density at radius 3 is 2.50 bits per heavy atom. The molecule has 1 atom stereocenters. The molecule has 0 aliphatic heterocycles. The lowest BCUT2D eigenvalue weighted by Gasteiger charge is -2.23. The van der Waals surface area contributed by atoms with Gasteiger partial charge in [-0.3, -0.25) is 4.79 Å². The van der Waals surface area contributed by atoms with Gasteiger partial charge in [-0.2, -0.15) is 5.26 Å². The van der Waals surface area contributed by atoms with Gasteiger partial charge in [0.25, 0.3) is 5.91 Å². The summed E-state index contributed by atoms with van der Waals surface area (Å²) in [6, 6.07) is 8.59. The third-order valence-electron chi connectivity index (χ3n) is 2.58. The van der Waals surface area contributed by atoms with Gasteiger partial charge >= 0.3 is 0 Å². The van der Waals surface area contributed by atoms with Crippen molar-refractivity contribution in [2.75, 3.05) is 13.6 Å². The maximum absolute atomic E-state index is 11.9. The lowest BCUT2D eigenvalue weighted by molar-refractivity contribution is 0.0748. The molecule has 1 aromatic carbocycles. The van der Waals surface area contributed by atoms with Crippen LogP contribution in [-0.4, -0.2) is 30.4 Å². The average Bonchev–Trinajstić information content (AvgIpc) is 2.36. The smallest absolute Gasteiger partial charge is 0.253 e. The number of carbonyl (C=O) groups excluding carboxylic acids is 1. The molecule has 84 valence electrons. The standard InChI is InChI=1S/C12H15N3O/c1-9(7-13)15(2)12(16)11-5-3-10(8-14)4-6-11/h3-6,9H,7,13H2,1-2H3/t9-/m0/s1. The molecular formula is C12H15N3O. The molecule has 0 spiro atoms. The minimum Gasteiger partial charge on any atom is -0.338 e. The van der Waals surface area contributed by atoms with Crippen LogP contribution in [0.2, 0.25) is 0 Å². The van der Waals surface area contributed by atoms with E-state index in [0.717, 1.165) is 0 Å². The molecule has 1 amide bonds. The molecule has 1 aromatic rings. The topological polar surface area (TPSA) is 70.1 Å². The molecule has 0 aromatic heterocycles. The summed E-state index contributed by atoms with van der Waals surface area (Å²) in [5, 5.41) is 8.64. The Labute approximate surface area is 95.3 Å². The van der Waals surface area contributed by atoms with Gasteiger partial charge in [0.2, 0.25) is 0 Å². The van der Waals surface area contributed by atoms with Crippen LogP contribution in [0.1, 0.15) is 22.8 Å². The van der Waals surface area contributed by atoms with Crippen molar-refractivity contribution >= 4 is 5.91 Å². The normalized spacial score (nSPS) is 11.6. The molecule has 0 saturated carbocycles. The molecule has 0 bridgehead atoms. The quantitative estimate of drug-likeness (QED) is 0.820. The SMILES string of the molecule is C[C@@H](CN)N(C)C(=O)c1ccc(C#N)cc1. The van der Waals surface area contributed by atoms with Gasteiger partial charge < -0.3 is 10.6 Å². The van der Waals surface area contributed by atoms with E-state index in [1.165, 1.54) is 0 Å². The summed E-state index contributed by atoms with van der Waals surface area (Å²) in [6.45, 7) is 2.32. The van der Waals surface area contributed by atoms with E-state index in [-0.39, 0.29) is 11.9 Å². The minimum atomic E-state index is -0.0811. The van der Waals surface area contributed by atoms with Gasteiger partial charge in [0.1, 0.15) is 0 Å². The van der Waals surface area contributed by atoms with Gasteiger partial charge in [-0.15, -0.1) is 0 Å². The number of hydrogen-bond acceptors (Lipinski definition) is 3. The van der Waals surface area contributed by atoms with Crippen molar-refractivity contribution in [3.63, 3.8) is 0 Å². The molecule has 1 rings (SSSR count). The largest absolute Gasteiger partial charge is 0.338 e. The molecule has 2 N–H and O–H groups in total. The lowest BCUT2D eigenvalue weighted by Crippen LogP contribution is -2.39. The highest BCUT2D eigenvalue weighted by molar-refractivity contribution is 5.94. The van der Waals surface area contributed by atoms with E-state index >= 15 is 0 Å². The lowest BCUT2D eigenvalue weighted by atomic mass is 10.1. The maximum Gasteiger partial charge on any atom is 0.253 e. The first-order valence-corrected chi connectivity index (χ1v) is 5.07. The maximum atomic E-state index is 11.9. The molecule has 0 saturated heterocycles. The molecular weight excluding hydrogens is 202 g/mol. The van der Waals surface area contributed by atoms with Crippen LogP contribution >= 0.6 is 0 Å². The zero-order chi connectivity index (χ0) is 12.1. The second-order valence-electron chi connectivity index (χ2n) is 3.69. The van der Waals surface area contributed by atoms with Crippen LogP contribution in [0, 0.1) is 11.3 Å². The number of benzene rings is 1. The summed E-state index contributed by atoms with van der Waals surface area (Å²) in [5.74, 6) is -0.0811. The Bertz CT molecular complexity index is 405. The zero-order valence-corrected chi connectivity index (χ0v) is 9.47. The summed E-state index contributed by atoms with van der Waals surface area (Å²) in [7, 11) is 1.72. The first-order valence-electron chi connectivity index (χ1n) is 5.07. The number of hydrogen-bond donors (Lipinski definition) is 1. The van der Waals surface area contributed by atoms with Crippen molar-refractivity contribution in [2.24, 2.45) is 5.73 Å². The van der Waals surface area contributed by atoms with Gasteiger partial charge in [-0.25, -0.2) is 0 Å². The van der Waals surface area contributed by atoms with Crippen molar-refractivity contribution < 1.29 is 4.79 Å². The van der Waals surface area contributed by atoms with Gasteiger partial charge in [0.15, 0.2) is 0 Å². The van der Waals surface area contributed by atoms with E-state index in [4.69, 9.17) is 11.0 Å². The van der Waals surface area contributed by atoms with Gasteiger partial charge in [0.05, 0.1) is 11.6 Å². The fourth-order valence-electron chi connectivity index (χ4n) is 1.25. The van der Waals surface area contributed by atoms with Crippen molar-refractivity contribution in [1.29, 1.82) is 5.26 Å². The number of nitriles is 1. The van der Waals surface area contributed by atoms with E-state index < -0.39 is 0 Å². The fourth-order valence-corrected chi connectivity index (χ4v) is 1.25. The predicted octanol–water partition coefficient (Wildman–Crippen LogP) is 0.977. The summed E-state index contributed by atoms with van der Waals surface area (Å²) in [5.41, 5.74) is 6.62. The second kappa shape index (κ2) is 5.29. The second-order valence-corrected chi connectivity index (χ2v) is 3.69. The monoisotopic (exact) mass is 217 g/mol. The zero-order valence-electron chi connectivity index (χ0n) is 9.47. The molecule has 0 heterocycles. The molecule has 0 radical (unpaired) electrons. The number of nitrogens with zero attached hydrogens (tertiary/aromatic N) is 2. The average molecular weight is 217 g/mol. The van der Waals surface area contributed by atoms with E-state index in [1.54, 1.807) is 36.2 Å². The fraction of sp³-hybridized carbons (Fsp3) is 0.333. The predicted molar refractivity (Wildman–Crippen MR) is 61.8 cm³/mol.